The maximum Gasteiger partial charge on any atom is 0.408 e. The Labute approximate surface area is 222 Å². The van der Waals surface area contributed by atoms with Gasteiger partial charge in [0.2, 0.25) is 5.91 Å². The molecule has 10 heteroatoms. The summed E-state index contributed by atoms with van der Waals surface area (Å²) in [5, 5.41) is 8.02. The van der Waals surface area contributed by atoms with E-state index in [0.717, 1.165) is 5.56 Å². The number of ether oxygens (including phenoxy) is 3. The zero-order valence-corrected chi connectivity index (χ0v) is 22.1. The van der Waals surface area contributed by atoms with E-state index in [4.69, 9.17) is 9.47 Å². The topological polar surface area (TPSA) is 132 Å². The molecule has 0 bridgehead atoms. The van der Waals surface area contributed by atoms with Crippen LogP contribution in [0.4, 0.5) is 15.3 Å². The van der Waals surface area contributed by atoms with Crippen molar-refractivity contribution in [2.24, 2.45) is 0 Å². The van der Waals surface area contributed by atoms with E-state index in [-0.39, 0.29) is 19.6 Å². The molecule has 0 aromatic heterocycles. The number of para-hydroxylation sites is 1. The fraction of sp³-hybridized carbons (Fsp3) is 0.357. The van der Waals surface area contributed by atoms with Gasteiger partial charge in [-0.15, -0.1) is 0 Å². The second kappa shape index (κ2) is 15.0. The number of esters is 1. The summed E-state index contributed by atoms with van der Waals surface area (Å²) in [7, 11) is 1.27. The molecule has 0 radical (unpaired) electrons. The summed E-state index contributed by atoms with van der Waals surface area (Å²) in [4.78, 5) is 49.0. The van der Waals surface area contributed by atoms with E-state index in [2.05, 4.69) is 20.7 Å². The molecule has 0 saturated heterocycles. The lowest BCUT2D eigenvalue weighted by molar-refractivity contribution is -0.134. The van der Waals surface area contributed by atoms with E-state index < -0.39 is 35.7 Å². The SMILES string of the molecule is COC(=O)/C=C/c1ccccc1NC(=O)[C@H](CCCNC(=O)OCc1ccccc1)NC(=O)OC(C)(C)C. The van der Waals surface area contributed by atoms with Crippen LogP contribution in [0.1, 0.15) is 44.7 Å². The molecule has 3 amide bonds. The normalized spacial score (nSPS) is 11.8. The first kappa shape index (κ1) is 29.9. The Morgan fingerprint density at radius 1 is 0.947 bits per heavy atom. The average Bonchev–Trinajstić information content (AvgIpc) is 2.88. The van der Waals surface area contributed by atoms with Gasteiger partial charge in [0.25, 0.3) is 0 Å². The van der Waals surface area contributed by atoms with Gasteiger partial charge in [0, 0.05) is 18.3 Å². The summed E-state index contributed by atoms with van der Waals surface area (Å²) in [6.45, 7) is 5.52. The third-order valence-corrected chi connectivity index (χ3v) is 4.98. The van der Waals surface area contributed by atoms with E-state index in [1.165, 1.54) is 19.3 Å². The maximum atomic E-state index is 13.1. The van der Waals surface area contributed by atoms with Crippen LogP contribution in [0.25, 0.3) is 6.08 Å². The number of rotatable bonds is 11. The van der Waals surface area contributed by atoms with Gasteiger partial charge in [-0.25, -0.2) is 14.4 Å². The van der Waals surface area contributed by atoms with Gasteiger partial charge in [-0.3, -0.25) is 4.79 Å². The lowest BCUT2D eigenvalue weighted by Gasteiger charge is -2.23. The van der Waals surface area contributed by atoms with E-state index >= 15 is 0 Å². The molecule has 1 atom stereocenters. The smallest absolute Gasteiger partial charge is 0.408 e. The quantitative estimate of drug-likeness (QED) is 0.171. The Morgan fingerprint density at radius 3 is 2.32 bits per heavy atom. The fourth-order valence-electron chi connectivity index (χ4n) is 3.19. The standard InChI is InChI=1S/C28H35N3O7/c1-28(2,3)38-27(35)31-23(15-10-18-29-26(34)37-19-20-11-6-5-7-12-20)25(33)30-22-14-9-8-13-21(22)16-17-24(32)36-4/h5-9,11-14,16-17,23H,10,15,18-19H2,1-4H3,(H,29,34)(H,30,33)(H,31,35)/b17-16+/t23-/m0/s1. The Balaban J connectivity index is 1.99. The van der Waals surface area contributed by atoms with Gasteiger partial charge >= 0.3 is 18.2 Å². The van der Waals surface area contributed by atoms with Crippen molar-refractivity contribution < 1.29 is 33.4 Å². The molecule has 0 fully saturated rings. The molecule has 0 aliphatic carbocycles. The number of alkyl carbamates (subject to hydrolysis) is 2. The average molecular weight is 526 g/mol. The first-order valence-corrected chi connectivity index (χ1v) is 12.2. The number of anilines is 1. The highest BCUT2D eigenvalue weighted by Crippen LogP contribution is 2.18. The van der Waals surface area contributed by atoms with Gasteiger partial charge in [-0.1, -0.05) is 48.5 Å². The van der Waals surface area contributed by atoms with Crippen molar-refractivity contribution >= 4 is 35.8 Å². The largest absolute Gasteiger partial charge is 0.466 e. The molecule has 2 rings (SSSR count). The molecule has 2 aromatic rings. The van der Waals surface area contributed by atoms with Crippen LogP contribution in [-0.4, -0.2) is 49.4 Å². The number of methoxy groups -OCH3 is 1. The van der Waals surface area contributed by atoms with Gasteiger partial charge < -0.3 is 30.2 Å². The van der Waals surface area contributed by atoms with Crippen LogP contribution in [0, 0.1) is 0 Å². The van der Waals surface area contributed by atoms with Crippen molar-refractivity contribution in [1.29, 1.82) is 0 Å². The third kappa shape index (κ3) is 11.6. The second-order valence-electron chi connectivity index (χ2n) is 9.26. The highest BCUT2D eigenvalue weighted by molar-refractivity contribution is 5.98. The Hall–Kier alpha value is -4.34. The lowest BCUT2D eigenvalue weighted by atomic mass is 10.1. The summed E-state index contributed by atoms with van der Waals surface area (Å²) in [5.74, 6) is -1.02. The summed E-state index contributed by atoms with van der Waals surface area (Å²) >= 11 is 0. The predicted octanol–water partition coefficient (Wildman–Crippen LogP) is 4.41. The monoisotopic (exact) mass is 525 g/mol. The van der Waals surface area contributed by atoms with E-state index in [1.54, 1.807) is 45.0 Å². The van der Waals surface area contributed by atoms with Crippen molar-refractivity contribution in [2.45, 2.75) is 51.9 Å². The van der Waals surface area contributed by atoms with Gasteiger partial charge in [0.05, 0.1) is 7.11 Å². The van der Waals surface area contributed by atoms with E-state index in [0.29, 0.717) is 17.7 Å². The molecule has 204 valence electrons. The summed E-state index contributed by atoms with van der Waals surface area (Å²) < 4.78 is 15.1. The molecule has 0 spiro atoms. The molecule has 0 aliphatic heterocycles. The van der Waals surface area contributed by atoms with Crippen molar-refractivity contribution in [2.75, 3.05) is 19.0 Å². The van der Waals surface area contributed by atoms with Crippen molar-refractivity contribution in [1.82, 2.24) is 10.6 Å². The summed E-state index contributed by atoms with van der Waals surface area (Å²) in [5.41, 5.74) is 1.13. The van der Waals surface area contributed by atoms with Gasteiger partial charge in [-0.2, -0.15) is 0 Å². The number of benzene rings is 2. The van der Waals surface area contributed by atoms with Crippen LogP contribution in [0.3, 0.4) is 0 Å². The van der Waals surface area contributed by atoms with Crippen molar-refractivity contribution in [3.8, 4) is 0 Å². The number of hydrogen-bond acceptors (Lipinski definition) is 7. The molecule has 0 saturated carbocycles. The first-order valence-electron chi connectivity index (χ1n) is 12.2. The zero-order valence-electron chi connectivity index (χ0n) is 22.1. The number of hydrogen-bond donors (Lipinski definition) is 3. The molecule has 3 N–H and O–H groups in total. The number of amides is 3. The summed E-state index contributed by atoms with van der Waals surface area (Å²) in [6, 6.07) is 15.2. The maximum absolute atomic E-state index is 13.1. The number of carbonyl (C=O) groups is 4. The second-order valence-corrected chi connectivity index (χ2v) is 9.26. The van der Waals surface area contributed by atoms with Crippen LogP contribution >= 0.6 is 0 Å². The molecule has 2 aromatic carbocycles. The molecular formula is C28H35N3O7. The molecule has 10 nitrogen and oxygen atoms in total. The predicted molar refractivity (Wildman–Crippen MR) is 143 cm³/mol. The minimum atomic E-state index is -0.954. The van der Waals surface area contributed by atoms with Gasteiger partial charge in [0.1, 0.15) is 18.2 Å². The Kier molecular flexibility index (Phi) is 11.8. The number of nitrogens with one attached hydrogen (secondary N) is 3. The Morgan fingerprint density at radius 2 is 1.63 bits per heavy atom. The molecule has 0 heterocycles. The van der Waals surface area contributed by atoms with Crippen LogP contribution in [0.2, 0.25) is 0 Å². The Bertz CT molecular complexity index is 1110. The van der Waals surface area contributed by atoms with Crippen LogP contribution in [0.15, 0.2) is 60.7 Å². The van der Waals surface area contributed by atoms with E-state index in [9.17, 15) is 19.2 Å². The molecule has 38 heavy (non-hydrogen) atoms. The van der Waals surface area contributed by atoms with Gasteiger partial charge in [0.15, 0.2) is 0 Å². The van der Waals surface area contributed by atoms with Crippen molar-refractivity contribution in [3.63, 3.8) is 0 Å². The van der Waals surface area contributed by atoms with Crippen LogP contribution in [-0.2, 0) is 30.4 Å². The summed E-state index contributed by atoms with van der Waals surface area (Å²) in [6.07, 6.45) is 2.02. The minimum Gasteiger partial charge on any atom is -0.466 e. The van der Waals surface area contributed by atoms with Gasteiger partial charge in [-0.05, 0) is 56.9 Å². The molecular weight excluding hydrogens is 490 g/mol. The fourth-order valence-corrected chi connectivity index (χ4v) is 3.19. The minimum absolute atomic E-state index is 0.141. The molecule has 0 unspecified atom stereocenters. The number of carbonyl (C=O) groups excluding carboxylic acids is 4. The lowest BCUT2D eigenvalue weighted by Crippen LogP contribution is -2.46. The van der Waals surface area contributed by atoms with Crippen LogP contribution in [0.5, 0.6) is 0 Å². The highest BCUT2D eigenvalue weighted by atomic mass is 16.6. The first-order chi connectivity index (χ1) is 18.1. The third-order valence-electron chi connectivity index (χ3n) is 4.98. The molecule has 0 aliphatic rings. The highest BCUT2D eigenvalue weighted by Gasteiger charge is 2.24. The van der Waals surface area contributed by atoms with E-state index in [1.807, 2.05) is 30.3 Å². The zero-order chi connectivity index (χ0) is 28.0. The van der Waals surface area contributed by atoms with Crippen molar-refractivity contribution in [3.05, 3.63) is 71.8 Å². The van der Waals surface area contributed by atoms with Crippen LogP contribution < -0.4 is 16.0 Å².